The van der Waals surface area contributed by atoms with Crippen LogP contribution in [0, 0.1) is 5.92 Å². The van der Waals surface area contributed by atoms with E-state index in [0.29, 0.717) is 21.0 Å². The van der Waals surface area contributed by atoms with Crippen LogP contribution in [0.15, 0.2) is 30.3 Å². The van der Waals surface area contributed by atoms with Gasteiger partial charge in [0.15, 0.2) is 0 Å². The molecule has 0 atom stereocenters. The fourth-order valence-corrected chi connectivity index (χ4v) is 5.13. The number of amides is 3. The molecule has 1 fully saturated rings. The molecule has 2 heterocycles. The highest BCUT2D eigenvalue weighted by molar-refractivity contribution is 7.16. The van der Waals surface area contributed by atoms with E-state index in [2.05, 4.69) is 5.32 Å². The largest absolute Gasteiger partial charge is 0.462 e. The maximum absolute atomic E-state index is 12.7. The second-order valence-electron chi connectivity index (χ2n) is 7.74. The number of carbonyl (C=O) groups excluding carboxylic acids is 4. The lowest BCUT2D eigenvalue weighted by atomic mass is 9.89. The number of nitrogens with one attached hydrogen (secondary N) is 1. The third kappa shape index (κ3) is 4.25. The zero-order valence-electron chi connectivity index (χ0n) is 17.3. The van der Waals surface area contributed by atoms with Crippen molar-refractivity contribution < 1.29 is 23.9 Å². The monoisotopic (exact) mass is 440 g/mol. The van der Waals surface area contributed by atoms with Gasteiger partial charge in [0.25, 0.3) is 11.8 Å². The molecule has 31 heavy (non-hydrogen) atoms. The van der Waals surface area contributed by atoms with Crippen LogP contribution in [0.3, 0.4) is 0 Å². The maximum Gasteiger partial charge on any atom is 0.341 e. The third-order valence-corrected chi connectivity index (χ3v) is 6.72. The highest BCUT2D eigenvalue weighted by Gasteiger charge is 2.36. The van der Waals surface area contributed by atoms with Crippen LogP contribution in [-0.2, 0) is 16.1 Å². The molecule has 1 N–H and O–H groups in total. The fraction of sp³-hybridized carbons (Fsp3) is 0.391. The first-order valence-corrected chi connectivity index (χ1v) is 11.4. The van der Waals surface area contributed by atoms with Gasteiger partial charge in [-0.1, -0.05) is 31.4 Å². The Bertz CT molecular complexity index is 1000. The minimum absolute atomic E-state index is 0.0305. The van der Waals surface area contributed by atoms with Gasteiger partial charge in [-0.25, -0.2) is 4.79 Å². The van der Waals surface area contributed by atoms with Crippen molar-refractivity contribution in [2.45, 2.75) is 45.6 Å². The molecule has 1 aromatic heterocycles. The summed E-state index contributed by atoms with van der Waals surface area (Å²) in [6, 6.07) is 8.29. The van der Waals surface area contributed by atoms with E-state index in [9.17, 15) is 19.2 Å². The zero-order valence-corrected chi connectivity index (χ0v) is 18.1. The SMILES string of the molecule is CCOC(=O)c1cc(CN2C(=O)c3ccccc3C2=O)sc1NC(=O)C1CCCCC1. The van der Waals surface area contributed by atoms with Crippen LogP contribution in [0.5, 0.6) is 0 Å². The summed E-state index contributed by atoms with van der Waals surface area (Å²) in [4.78, 5) is 52.3. The predicted octanol–water partition coefficient (Wildman–Crippen LogP) is 4.24. The van der Waals surface area contributed by atoms with Gasteiger partial charge < -0.3 is 10.1 Å². The van der Waals surface area contributed by atoms with Crippen molar-refractivity contribution in [3.05, 3.63) is 51.9 Å². The molecule has 1 aliphatic heterocycles. The van der Waals surface area contributed by atoms with Gasteiger partial charge in [0.1, 0.15) is 5.00 Å². The molecule has 0 bridgehead atoms. The lowest BCUT2D eigenvalue weighted by molar-refractivity contribution is -0.120. The smallest absolute Gasteiger partial charge is 0.341 e. The van der Waals surface area contributed by atoms with E-state index in [-0.39, 0.29) is 42.4 Å². The number of thiophene rings is 1. The molecule has 0 spiro atoms. The summed E-state index contributed by atoms with van der Waals surface area (Å²) < 4.78 is 5.14. The Hall–Kier alpha value is -3.00. The van der Waals surface area contributed by atoms with Crippen molar-refractivity contribution >= 4 is 40.0 Å². The van der Waals surface area contributed by atoms with Crippen molar-refractivity contribution in [2.75, 3.05) is 11.9 Å². The predicted molar refractivity (Wildman–Crippen MR) is 116 cm³/mol. The van der Waals surface area contributed by atoms with Crippen LogP contribution >= 0.6 is 11.3 Å². The molecule has 0 saturated heterocycles. The number of carbonyl (C=O) groups is 4. The third-order valence-electron chi connectivity index (χ3n) is 5.68. The standard InChI is InChI=1S/C23H24N2O5S/c1-2-30-23(29)18-12-15(31-20(18)24-19(26)14-8-4-3-5-9-14)13-25-21(27)16-10-6-7-11-17(16)22(25)28/h6-7,10-12,14H,2-5,8-9,13H2,1H3,(H,24,26). The summed E-state index contributed by atoms with van der Waals surface area (Å²) in [5.74, 6) is -1.42. The van der Waals surface area contributed by atoms with Gasteiger partial charge in [-0.3, -0.25) is 19.3 Å². The van der Waals surface area contributed by atoms with Gasteiger partial charge in [-0.15, -0.1) is 11.3 Å². The van der Waals surface area contributed by atoms with Crippen LogP contribution in [0.25, 0.3) is 0 Å². The van der Waals surface area contributed by atoms with Crippen LogP contribution in [0.4, 0.5) is 5.00 Å². The van der Waals surface area contributed by atoms with Gasteiger partial charge in [0.2, 0.25) is 5.91 Å². The quantitative estimate of drug-likeness (QED) is 0.536. The van der Waals surface area contributed by atoms with Crippen molar-refractivity contribution in [1.29, 1.82) is 0 Å². The summed E-state index contributed by atoms with van der Waals surface area (Å²) >= 11 is 1.20. The number of hydrogen-bond acceptors (Lipinski definition) is 6. The molecule has 0 unspecified atom stereocenters. The first-order valence-electron chi connectivity index (χ1n) is 10.6. The van der Waals surface area contributed by atoms with Crippen LogP contribution in [0.2, 0.25) is 0 Å². The van der Waals surface area contributed by atoms with E-state index in [0.717, 1.165) is 37.0 Å². The Morgan fingerprint density at radius 2 is 1.74 bits per heavy atom. The van der Waals surface area contributed by atoms with Gasteiger partial charge in [-0.2, -0.15) is 0 Å². The molecule has 162 valence electrons. The average Bonchev–Trinajstić information content (AvgIpc) is 3.29. The van der Waals surface area contributed by atoms with Crippen molar-refractivity contribution in [3.63, 3.8) is 0 Å². The highest BCUT2D eigenvalue weighted by atomic mass is 32.1. The number of imide groups is 1. The highest BCUT2D eigenvalue weighted by Crippen LogP contribution is 2.34. The molecule has 3 amide bonds. The number of esters is 1. The lowest BCUT2D eigenvalue weighted by Gasteiger charge is -2.20. The first kappa shape index (κ1) is 21.2. The van der Waals surface area contributed by atoms with Crippen LogP contribution in [0.1, 0.15) is 75.0 Å². The minimum Gasteiger partial charge on any atom is -0.462 e. The number of nitrogens with zero attached hydrogens (tertiary/aromatic N) is 1. The number of hydrogen-bond donors (Lipinski definition) is 1. The molecule has 8 heteroatoms. The molecule has 1 saturated carbocycles. The van der Waals surface area contributed by atoms with Crippen LogP contribution in [-0.4, -0.2) is 35.2 Å². The van der Waals surface area contributed by atoms with Gasteiger partial charge >= 0.3 is 5.97 Å². The number of ether oxygens (including phenoxy) is 1. The number of fused-ring (bicyclic) bond motifs is 1. The lowest BCUT2D eigenvalue weighted by Crippen LogP contribution is -2.28. The molecular weight excluding hydrogens is 416 g/mol. The Morgan fingerprint density at radius 1 is 1.10 bits per heavy atom. The zero-order chi connectivity index (χ0) is 22.0. The molecule has 2 aliphatic rings. The second kappa shape index (κ2) is 9.01. The summed E-state index contributed by atoms with van der Waals surface area (Å²) in [6.07, 6.45) is 4.87. The minimum atomic E-state index is -0.536. The van der Waals surface area contributed by atoms with E-state index in [1.54, 1.807) is 37.3 Å². The average molecular weight is 441 g/mol. The number of benzene rings is 1. The van der Waals surface area contributed by atoms with E-state index < -0.39 is 5.97 Å². The summed E-state index contributed by atoms with van der Waals surface area (Å²) in [7, 11) is 0. The van der Waals surface area contributed by atoms with E-state index in [4.69, 9.17) is 4.74 Å². The summed E-state index contributed by atoms with van der Waals surface area (Å²) in [5.41, 5.74) is 1.00. The molecule has 7 nitrogen and oxygen atoms in total. The van der Waals surface area contributed by atoms with E-state index in [1.165, 1.54) is 11.3 Å². The molecular formula is C23H24N2O5S. The second-order valence-corrected chi connectivity index (χ2v) is 8.88. The van der Waals surface area contributed by atoms with Gasteiger partial charge in [0, 0.05) is 10.8 Å². The first-order chi connectivity index (χ1) is 15.0. The van der Waals surface area contributed by atoms with Crippen molar-refractivity contribution in [3.8, 4) is 0 Å². The Balaban J connectivity index is 1.56. The van der Waals surface area contributed by atoms with Crippen molar-refractivity contribution in [2.24, 2.45) is 5.92 Å². The number of anilines is 1. The topological polar surface area (TPSA) is 92.8 Å². The molecule has 4 rings (SSSR count). The van der Waals surface area contributed by atoms with E-state index >= 15 is 0 Å². The molecule has 1 aromatic carbocycles. The fourth-order valence-electron chi connectivity index (χ4n) is 4.09. The van der Waals surface area contributed by atoms with Crippen molar-refractivity contribution in [1.82, 2.24) is 4.90 Å². The Morgan fingerprint density at radius 3 is 2.35 bits per heavy atom. The van der Waals surface area contributed by atoms with Gasteiger partial charge in [0.05, 0.1) is 29.8 Å². The maximum atomic E-state index is 12.7. The number of rotatable bonds is 6. The van der Waals surface area contributed by atoms with Crippen LogP contribution < -0.4 is 5.32 Å². The summed E-state index contributed by atoms with van der Waals surface area (Å²) in [6.45, 7) is 1.95. The van der Waals surface area contributed by atoms with Gasteiger partial charge in [-0.05, 0) is 38.0 Å². The molecule has 1 aliphatic carbocycles. The normalized spacial score (nSPS) is 16.4. The molecule has 2 aromatic rings. The Kier molecular flexibility index (Phi) is 6.18. The Labute approximate surface area is 184 Å². The molecule has 0 radical (unpaired) electrons. The summed E-state index contributed by atoms with van der Waals surface area (Å²) in [5, 5.41) is 3.30. The van der Waals surface area contributed by atoms with E-state index in [1.807, 2.05) is 0 Å².